The van der Waals surface area contributed by atoms with E-state index in [1.807, 2.05) is 35.8 Å². The molecule has 1 heterocycles. The molecule has 0 spiro atoms. The van der Waals surface area contributed by atoms with Crippen molar-refractivity contribution in [1.29, 1.82) is 0 Å². The van der Waals surface area contributed by atoms with Crippen LogP contribution in [0.25, 0.3) is 11.4 Å². The Morgan fingerprint density at radius 3 is 2.60 bits per heavy atom. The van der Waals surface area contributed by atoms with E-state index in [-0.39, 0.29) is 5.75 Å². The molecule has 0 aliphatic carbocycles. The smallest absolute Gasteiger partial charge is 0.191 e. The number of aliphatic carboxylic acids is 1. The van der Waals surface area contributed by atoms with E-state index in [9.17, 15) is 9.90 Å². The molecule has 0 aliphatic rings. The number of carbonyl (C=O) groups excluding carboxylic acids is 1. The van der Waals surface area contributed by atoms with E-state index in [0.29, 0.717) is 17.5 Å². The van der Waals surface area contributed by atoms with Gasteiger partial charge < -0.3 is 19.2 Å². The molecule has 0 N–H and O–H groups in total. The fourth-order valence-corrected chi connectivity index (χ4v) is 2.47. The largest absolute Gasteiger partial charge is 0.549 e. The fraction of sp³-hybridized carbons (Fsp3) is 0.308. The Kier molecular flexibility index (Phi) is 4.62. The molecule has 2 rings (SSSR count). The number of carboxylic acids is 1. The third kappa shape index (κ3) is 3.11. The predicted molar refractivity (Wildman–Crippen MR) is 73.4 cm³/mol. The van der Waals surface area contributed by atoms with Gasteiger partial charge in [0.25, 0.3) is 0 Å². The first-order chi connectivity index (χ1) is 9.65. The van der Waals surface area contributed by atoms with Crippen molar-refractivity contribution in [3.63, 3.8) is 0 Å². The average Bonchev–Trinajstić information content (AvgIpc) is 2.88. The first-order valence-electron chi connectivity index (χ1n) is 6.06. The molecular weight excluding hydrogens is 278 g/mol. The van der Waals surface area contributed by atoms with E-state index in [2.05, 4.69) is 10.2 Å². The molecule has 0 bridgehead atoms. The van der Waals surface area contributed by atoms with Gasteiger partial charge in [0.05, 0.1) is 13.1 Å². The van der Waals surface area contributed by atoms with Gasteiger partial charge in [0.15, 0.2) is 11.0 Å². The Labute approximate surface area is 120 Å². The van der Waals surface area contributed by atoms with Crippen molar-refractivity contribution in [1.82, 2.24) is 14.8 Å². The summed E-state index contributed by atoms with van der Waals surface area (Å²) in [5.41, 5.74) is 0.903. The van der Waals surface area contributed by atoms with E-state index in [1.54, 1.807) is 7.11 Å². The highest BCUT2D eigenvalue weighted by Crippen LogP contribution is 2.25. The van der Waals surface area contributed by atoms with Crippen molar-refractivity contribution in [2.45, 2.75) is 18.6 Å². The topological polar surface area (TPSA) is 80.1 Å². The molecule has 0 aliphatic heterocycles. The van der Waals surface area contributed by atoms with Gasteiger partial charge in [0.1, 0.15) is 5.75 Å². The zero-order valence-electron chi connectivity index (χ0n) is 11.2. The van der Waals surface area contributed by atoms with Crippen LogP contribution >= 0.6 is 11.8 Å². The molecule has 20 heavy (non-hydrogen) atoms. The van der Waals surface area contributed by atoms with Crippen molar-refractivity contribution in [3.05, 3.63) is 24.3 Å². The quantitative estimate of drug-likeness (QED) is 0.733. The van der Waals surface area contributed by atoms with Crippen molar-refractivity contribution in [2.75, 3.05) is 12.9 Å². The maximum Gasteiger partial charge on any atom is 0.191 e. The lowest BCUT2D eigenvalue weighted by atomic mass is 10.2. The Morgan fingerprint density at radius 2 is 2.05 bits per heavy atom. The summed E-state index contributed by atoms with van der Waals surface area (Å²) < 4.78 is 6.98. The van der Waals surface area contributed by atoms with E-state index in [4.69, 9.17) is 4.74 Å². The minimum absolute atomic E-state index is 0.138. The normalized spacial score (nSPS) is 10.5. The predicted octanol–water partition coefficient (Wildman–Crippen LogP) is 0.816. The summed E-state index contributed by atoms with van der Waals surface area (Å²) in [6.07, 6.45) is 0. The lowest BCUT2D eigenvalue weighted by Gasteiger charge is -2.08. The number of carboxylic acid groups (broad SMARTS) is 1. The van der Waals surface area contributed by atoms with Gasteiger partial charge in [-0.05, 0) is 31.2 Å². The van der Waals surface area contributed by atoms with Crippen LogP contribution in [0.4, 0.5) is 0 Å². The number of ether oxygens (including phenoxy) is 1. The van der Waals surface area contributed by atoms with Crippen LogP contribution in [0.2, 0.25) is 0 Å². The van der Waals surface area contributed by atoms with Gasteiger partial charge in [0.2, 0.25) is 0 Å². The van der Waals surface area contributed by atoms with Gasteiger partial charge in [0, 0.05) is 17.9 Å². The maximum atomic E-state index is 10.5. The second-order valence-electron chi connectivity index (χ2n) is 3.94. The fourth-order valence-electron chi connectivity index (χ4n) is 1.76. The number of nitrogens with zero attached hydrogens (tertiary/aromatic N) is 3. The molecule has 0 fully saturated rings. The lowest BCUT2D eigenvalue weighted by molar-refractivity contribution is -0.301. The van der Waals surface area contributed by atoms with Crippen LogP contribution in [-0.2, 0) is 11.3 Å². The van der Waals surface area contributed by atoms with Crippen molar-refractivity contribution < 1.29 is 14.6 Å². The highest BCUT2D eigenvalue weighted by molar-refractivity contribution is 7.99. The first-order valence-corrected chi connectivity index (χ1v) is 7.04. The van der Waals surface area contributed by atoms with Crippen LogP contribution in [0.3, 0.4) is 0 Å². The minimum Gasteiger partial charge on any atom is -0.549 e. The van der Waals surface area contributed by atoms with Crippen molar-refractivity contribution in [2.24, 2.45) is 0 Å². The van der Waals surface area contributed by atoms with Crippen molar-refractivity contribution >= 4 is 17.7 Å². The summed E-state index contributed by atoms with van der Waals surface area (Å²) >= 11 is 1.11. The van der Waals surface area contributed by atoms with Crippen molar-refractivity contribution in [3.8, 4) is 17.1 Å². The molecule has 0 atom stereocenters. The summed E-state index contributed by atoms with van der Waals surface area (Å²) in [6.45, 7) is 2.61. The third-order valence-electron chi connectivity index (χ3n) is 2.70. The van der Waals surface area contributed by atoms with Crippen LogP contribution in [0.15, 0.2) is 29.4 Å². The van der Waals surface area contributed by atoms with Gasteiger partial charge >= 0.3 is 0 Å². The molecule has 0 radical (unpaired) electrons. The van der Waals surface area contributed by atoms with Gasteiger partial charge in [-0.1, -0.05) is 11.8 Å². The summed E-state index contributed by atoms with van der Waals surface area (Å²) in [4.78, 5) is 10.5. The van der Waals surface area contributed by atoms with Crippen LogP contribution in [-0.4, -0.2) is 33.6 Å². The highest BCUT2D eigenvalue weighted by atomic mass is 32.2. The molecule has 6 nitrogen and oxygen atoms in total. The number of aromatic nitrogens is 3. The molecule has 1 aromatic carbocycles. The molecule has 7 heteroatoms. The van der Waals surface area contributed by atoms with E-state index in [1.165, 1.54) is 0 Å². The van der Waals surface area contributed by atoms with E-state index >= 15 is 0 Å². The molecular formula is C13H14N3O3S-. The van der Waals surface area contributed by atoms with Gasteiger partial charge in [-0.3, -0.25) is 0 Å². The van der Waals surface area contributed by atoms with Gasteiger partial charge in [-0.25, -0.2) is 0 Å². The number of hydrogen-bond acceptors (Lipinski definition) is 6. The molecule has 0 saturated carbocycles. The number of benzene rings is 1. The minimum atomic E-state index is -1.12. The Morgan fingerprint density at radius 1 is 1.35 bits per heavy atom. The average molecular weight is 292 g/mol. The molecule has 0 saturated heterocycles. The SMILES string of the molecule is CCn1c(SCC(=O)[O-])nnc1-c1ccc(OC)cc1. The standard InChI is InChI=1S/C13H15N3O3S/c1-3-16-12(9-4-6-10(19-2)7-5-9)14-15-13(16)20-8-11(17)18/h4-7H,3,8H2,1-2H3,(H,17,18)/p-1. The summed E-state index contributed by atoms with van der Waals surface area (Å²) in [5, 5.41) is 19.2. The number of hydrogen-bond donors (Lipinski definition) is 0. The van der Waals surface area contributed by atoms with Crippen LogP contribution in [0.1, 0.15) is 6.92 Å². The second kappa shape index (κ2) is 6.42. The maximum absolute atomic E-state index is 10.5. The third-order valence-corrected chi connectivity index (χ3v) is 3.64. The van der Waals surface area contributed by atoms with Gasteiger partial charge in [-0.15, -0.1) is 10.2 Å². The number of rotatable bonds is 6. The monoisotopic (exact) mass is 292 g/mol. The molecule has 106 valence electrons. The highest BCUT2D eigenvalue weighted by Gasteiger charge is 2.13. The first kappa shape index (κ1) is 14.4. The second-order valence-corrected chi connectivity index (χ2v) is 4.88. The summed E-state index contributed by atoms with van der Waals surface area (Å²) in [7, 11) is 1.61. The number of thioether (sulfide) groups is 1. The molecule has 0 amide bonds. The Bertz CT molecular complexity index is 595. The lowest BCUT2D eigenvalue weighted by Crippen LogP contribution is -2.24. The molecule has 2 aromatic rings. The van der Waals surface area contributed by atoms with Crippen LogP contribution in [0.5, 0.6) is 5.75 Å². The molecule has 0 unspecified atom stereocenters. The Balaban J connectivity index is 2.28. The zero-order chi connectivity index (χ0) is 14.5. The van der Waals surface area contributed by atoms with Crippen LogP contribution in [0, 0.1) is 0 Å². The zero-order valence-corrected chi connectivity index (χ0v) is 12.0. The van der Waals surface area contributed by atoms with E-state index in [0.717, 1.165) is 23.1 Å². The summed E-state index contributed by atoms with van der Waals surface area (Å²) in [6, 6.07) is 7.47. The van der Waals surface area contributed by atoms with Crippen LogP contribution < -0.4 is 9.84 Å². The molecule has 1 aromatic heterocycles. The number of carbonyl (C=O) groups is 1. The number of methoxy groups -OCH3 is 1. The van der Waals surface area contributed by atoms with E-state index < -0.39 is 5.97 Å². The van der Waals surface area contributed by atoms with Gasteiger partial charge in [-0.2, -0.15) is 0 Å². The Hall–Kier alpha value is -2.02. The summed E-state index contributed by atoms with van der Waals surface area (Å²) in [5.74, 6) is 0.214.